The van der Waals surface area contributed by atoms with Gasteiger partial charge in [-0.05, 0) is 0 Å². The van der Waals surface area contributed by atoms with E-state index in [0.717, 1.165) is 4.88 Å². The van der Waals surface area contributed by atoms with Crippen LogP contribution in [0.3, 0.4) is 0 Å². The Morgan fingerprint density at radius 3 is 3.17 bits per heavy atom. The van der Waals surface area contributed by atoms with Crippen molar-refractivity contribution in [1.82, 2.24) is 10.3 Å². The van der Waals surface area contributed by atoms with Crippen molar-refractivity contribution in [3.8, 4) is 18.4 Å². The number of hydrogen-bond acceptors (Lipinski definition) is 4. The van der Waals surface area contributed by atoms with Crippen LogP contribution in [0.5, 0.6) is 0 Å². The molecule has 0 aromatic carbocycles. The van der Waals surface area contributed by atoms with E-state index in [1.165, 1.54) is 11.3 Å². The molecule has 1 N–H and O–H groups in total. The second kappa shape index (κ2) is 4.50. The smallest absolute Gasteiger partial charge is 0.132 e. The Labute approximate surface area is 75.1 Å². The molecule has 0 fully saturated rings. The predicted octanol–water partition coefficient (Wildman–Crippen LogP) is 0.931. The SMILES string of the molecule is C#CCNC(C#N)c1cncs1. The Kier molecular flexibility index (Phi) is 3.28. The number of terminal acetylenes is 1. The number of nitrogens with one attached hydrogen (secondary N) is 1. The zero-order chi connectivity index (χ0) is 8.81. The van der Waals surface area contributed by atoms with Gasteiger partial charge in [0.25, 0.3) is 0 Å². The van der Waals surface area contributed by atoms with Crippen LogP contribution in [-0.4, -0.2) is 11.5 Å². The van der Waals surface area contributed by atoms with E-state index in [1.54, 1.807) is 11.7 Å². The largest absolute Gasteiger partial charge is 0.287 e. The molecule has 0 amide bonds. The van der Waals surface area contributed by atoms with E-state index < -0.39 is 0 Å². The molecule has 0 saturated carbocycles. The van der Waals surface area contributed by atoms with Crippen LogP contribution in [-0.2, 0) is 0 Å². The van der Waals surface area contributed by atoms with Gasteiger partial charge in [0.05, 0.1) is 23.0 Å². The van der Waals surface area contributed by atoms with Gasteiger partial charge in [-0.15, -0.1) is 17.8 Å². The van der Waals surface area contributed by atoms with Gasteiger partial charge < -0.3 is 0 Å². The molecule has 0 aliphatic carbocycles. The van der Waals surface area contributed by atoms with E-state index in [1.807, 2.05) is 0 Å². The number of rotatable bonds is 3. The van der Waals surface area contributed by atoms with E-state index in [0.29, 0.717) is 6.54 Å². The number of aromatic nitrogens is 1. The Morgan fingerprint density at radius 1 is 1.83 bits per heavy atom. The van der Waals surface area contributed by atoms with Gasteiger partial charge in [0.2, 0.25) is 0 Å². The Bertz CT molecular complexity index is 304. The second-order valence-corrected chi connectivity index (χ2v) is 2.97. The average Bonchev–Trinajstić information content (AvgIpc) is 2.59. The summed E-state index contributed by atoms with van der Waals surface area (Å²) in [6.45, 7) is 0.399. The Hall–Kier alpha value is -1.36. The highest BCUT2D eigenvalue weighted by Gasteiger charge is 2.09. The minimum absolute atomic E-state index is 0.325. The van der Waals surface area contributed by atoms with Crippen molar-refractivity contribution in [2.75, 3.05) is 6.54 Å². The lowest BCUT2D eigenvalue weighted by molar-refractivity contribution is 0.700. The first kappa shape index (κ1) is 8.73. The minimum Gasteiger partial charge on any atom is -0.287 e. The number of nitrogens with zero attached hydrogens (tertiary/aromatic N) is 2. The van der Waals surface area contributed by atoms with Gasteiger partial charge in [-0.3, -0.25) is 10.3 Å². The van der Waals surface area contributed by atoms with Crippen LogP contribution < -0.4 is 5.32 Å². The molecule has 1 unspecified atom stereocenters. The minimum atomic E-state index is -0.325. The lowest BCUT2D eigenvalue weighted by Crippen LogP contribution is -2.19. The third-order valence-corrected chi connectivity index (χ3v) is 2.11. The summed E-state index contributed by atoms with van der Waals surface area (Å²) in [6.07, 6.45) is 6.72. The van der Waals surface area contributed by atoms with Gasteiger partial charge in [-0.25, -0.2) is 0 Å². The molecule has 12 heavy (non-hydrogen) atoms. The summed E-state index contributed by atoms with van der Waals surface area (Å²) in [6, 6.07) is 1.78. The topological polar surface area (TPSA) is 48.7 Å². The third kappa shape index (κ3) is 2.06. The van der Waals surface area contributed by atoms with Gasteiger partial charge in [0.15, 0.2) is 0 Å². The van der Waals surface area contributed by atoms with Gasteiger partial charge in [-0.1, -0.05) is 5.92 Å². The monoisotopic (exact) mass is 177 g/mol. The van der Waals surface area contributed by atoms with E-state index >= 15 is 0 Å². The van der Waals surface area contributed by atoms with Crippen LogP contribution in [0.25, 0.3) is 0 Å². The standard InChI is InChI=1S/C8H7N3S/c1-2-3-11-7(4-9)8-5-10-6-12-8/h1,5-7,11H,3H2. The van der Waals surface area contributed by atoms with Crippen molar-refractivity contribution >= 4 is 11.3 Å². The van der Waals surface area contributed by atoms with Crippen LogP contribution in [0.4, 0.5) is 0 Å². The van der Waals surface area contributed by atoms with Crippen LogP contribution in [0, 0.1) is 23.7 Å². The molecule has 1 rings (SSSR count). The van der Waals surface area contributed by atoms with E-state index in [9.17, 15) is 0 Å². The molecule has 0 saturated heterocycles. The highest BCUT2D eigenvalue weighted by atomic mass is 32.1. The fourth-order valence-electron chi connectivity index (χ4n) is 0.739. The lowest BCUT2D eigenvalue weighted by Gasteiger charge is -2.04. The molecule has 60 valence electrons. The van der Waals surface area contributed by atoms with Crippen LogP contribution in [0.1, 0.15) is 10.9 Å². The summed E-state index contributed by atoms with van der Waals surface area (Å²) in [5, 5.41) is 11.6. The highest BCUT2D eigenvalue weighted by Crippen LogP contribution is 2.15. The van der Waals surface area contributed by atoms with E-state index in [-0.39, 0.29) is 6.04 Å². The molecule has 1 atom stereocenters. The summed E-state index contributed by atoms with van der Waals surface area (Å²) < 4.78 is 0. The van der Waals surface area contributed by atoms with Gasteiger partial charge >= 0.3 is 0 Å². The number of nitriles is 1. The molecule has 4 heteroatoms. The Morgan fingerprint density at radius 2 is 2.67 bits per heavy atom. The predicted molar refractivity (Wildman–Crippen MR) is 47.3 cm³/mol. The average molecular weight is 177 g/mol. The maximum Gasteiger partial charge on any atom is 0.132 e. The fraction of sp³-hybridized carbons (Fsp3) is 0.250. The zero-order valence-electron chi connectivity index (χ0n) is 6.32. The molecule has 1 aromatic heterocycles. The van der Waals surface area contributed by atoms with Crippen LogP contribution in [0.15, 0.2) is 11.7 Å². The van der Waals surface area contributed by atoms with Crippen molar-refractivity contribution in [1.29, 1.82) is 5.26 Å². The van der Waals surface area contributed by atoms with E-state index in [2.05, 4.69) is 22.3 Å². The fourth-order valence-corrected chi connectivity index (χ4v) is 1.38. The zero-order valence-corrected chi connectivity index (χ0v) is 7.14. The number of thiazole rings is 1. The van der Waals surface area contributed by atoms with Crippen molar-refractivity contribution in [2.24, 2.45) is 0 Å². The molecular formula is C8H7N3S. The van der Waals surface area contributed by atoms with Gasteiger partial charge in [0.1, 0.15) is 6.04 Å². The second-order valence-electron chi connectivity index (χ2n) is 2.05. The summed E-state index contributed by atoms with van der Waals surface area (Å²) in [5.41, 5.74) is 1.69. The molecule has 0 aliphatic rings. The molecule has 0 radical (unpaired) electrons. The molecule has 0 spiro atoms. The molecule has 0 aliphatic heterocycles. The summed E-state index contributed by atoms with van der Waals surface area (Å²) in [7, 11) is 0. The first-order chi connectivity index (χ1) is 5.88. The van der Waals surface area contributed by atoms with Crippen molar-refractivity contribution < 1.29 is 0 Å². The van der Waals surface area contributed by atoms with E-state index in [4.69, 9.17) is 11.7 Å². The first-order valence-corrected chi connectivity index (χ1v) is 4.21. The summed E-state index contributed by atoms with van der Waals surface area (Å²) in [4.78, 5) is 4.77. The van der Waals surface area contributed by atoms with Crippen molar-refractivity contribution in [3.05, 3.63) is 16.6 Å². The van der Waals surface area contributed by atoms with Crippen molar-refractivity contribution in [3.63, 3.8) is 0 Å². The van der Waals surface area contributed by atoms with Crippen LogP contribution >= 0.6 is 11.3 Å². The normalized spacial score (nSPS) is 11.5. The molecule has 3 nitrogen and oxygen atoms in total. The Balaban J connectivity index is 2.60. The lowest BCUT2D eigenvalue weighted by atomic mass is 10.3. The maximum absolute atomic E-state index is 8.72. The van der Waals surface area contributed by atoms with Crippen molar-refractivity contribution in [2.45, 2.75) is 6.04 Å². The first-order valence-electron chi connectivity index (χ1n) is 3.33. The molecular weight excluding hydrogens is 170 g/mol. The quantitative estimate of drug-likeness (QED) is 0.699. The highest BCUT2D eigenvalue weighted by molar-refractivity contribution is 7.09. The summed E-state index contributed by atoms with van der Waals surface area (Å²) >= 11 is 1.44. The van der Waals surface area contributed by atoms with Crippen LogP contribution in [0.2, 0.25) is 0 Å². The van der Waals surface area contributed by atoms with Gasteiger partial charge in [0, 0.05) is 6.20 Å². The molecule has 0 bridgehead atoms. The summed E-state index contributed by atoms with van der Waals surface area (Å²) in [5.74, 6) is 2.42. The maximum atomic E-state index is 8.72. The number of hydrogen-bond donors (Lipinski definition) is 1. The molecule has 1 heterocycles. The third-order valence-electron chi connectivity index (χ3n) is 1.27. The van der Waals surface area contributed by atoms with Gasteiger partial charge in [-0.2, -0.15) is 5.26 Å². The molecule has 1 aromatic rings.